The van der Waals surface area contributed by atoms with Gasteiger partial charge in [0.2, 0.25) is 0 Å². The maximum Gasteiger partial charge on any atom is 0.0382 e. The van der Waals surface area contributed by atoms with Crippen molar-refractivity contribution in [3.8, 4) is 0 Å². The quantitative estimate of drug-likeness (QED) is 0.786. The fourth-order valence-corrected chi connectivity index (χ4v) is 3.79. The molecule has 0 aromatic rings. The Morgan fingerprint density at radius 3 is 1.78 bits per heavy atom. The van der Waals surface area contributed by atoms with Gasteiger partial charge < -0.3 is 5.73 Å². The maximum absolute atomic E-state index is 6.26. The number of rotatable bonds is 6. The summed E-state index contributed by atoms with van der Waals surface area (Å²) in [5, 5.41) is 0. The van der Waals surface area contributed by atoms with Crippen LogP contribution in [0.25, 0.3) is 0 Å². The molecule has 108 valence electrons. The highest BCUT2D eigenvalue weighted by Crippen LogP contribution is 2.49. The SMILES string of the molecule is CC(C)CN(CC(C)C)C1(CN)CCCC1(C)C. The van der Waals surface area contributed by atoms with E-state index < -0.39 is 0 Å². The molecule has 18 heavy (non-hydrogen) atoms. The van der Waals surface area contributed by atoms with Crippen LogP contribution in [-0.2, 0) is 0 Å². The van der Waals surface area contributed by atoms with Crippen molar-refractivity contribution in [2.75, 3.05) is 19.6 Å². The molecule has 1 unspecified atom stereocenters. The van der Waals surface area contributed by atoms with E-state index in [1.807, 2.05) is 0 Å². The van der Waals surface area contributed by atoms with E-state index in [0.717, 1.165) is 6.54 Å². The smallest absolute Gasteiger partial charge is 0.0382 e. The second kappa shape index (κ2) is 5.92. The van der Waals surface area contributed by atoms with Crippen LogP contribution in [0.2, 0.25) is 0 Å². The average Bonchev–Trinajstić information content (AvgIpc) is 2.51. The second-order valence-corrected chi connectivity index (χ2v) is 7.67. The van der Waals surface area contributed by atoms with Gasteiger partial charge in [-0.1, -0.05) is 48.0 Å². The van der Waals surface area contributed by atoms with Crippen molar-refractivity contribution in [1.29, 1.82) is 0 Å². The van der Waals surface area contributed by atoms with Crippen LogP contribution >= 0.6 is 0 Å². The van der Waals surface area contributed by atoms with Gasteiger partial charge in [0, 0.05) is 25.2 Å². The van der Waals surface area contributed by atoms with Crippen LogP contribution in [0.1, 0.15) is 60.8 Å². The van der Waals surface area contributed by atoms with Crippen molar-refractivity contribution in [3.05, 3.63) is 0 Å². The third-order valence-electron chi connectivity index (χ3n) is 4.77. The van der Waals surface area contributed by atoms with E-state index in [4.69, 9.17) is 5.73 Å². The Kier molecular flexibility index (Phi) is 5.25. The third kappa shape index (κ3) is 3.08. The summed E-state index contributed by atoms with van der Waals surface area (Å²) in [6.45, 7) is 17.3. The van der Waals surface area contributed by atoms with Crippen molar-refractivity contribution >= 4 is 0 Å². The Hall–Kier alpha value is -0.0800. The Labute approximate surface area is 114 Å². The minimum Gasteiger partial charge on any atom is -0.329 e. The van der Waals surface area contributed by atoms with Crippen LogP contribution < -0.4 is 5.73 Å². The predicted octanol–water partition coefficient (Wildman–Crippen LogP) is 3.51. The zero-order valence-electron chi connectivity index (χ0n) is 13.4. The normalized spacial score (nSPS) is 27.7. The molecule has 0 bridgehead atoms. The van der Waals surface area contributed by atoms with Crippen molar-refractivity contribution < 1.29 is 0 Å². The number of hydrogen-bond donors (Lipinski definition) is 1. The standard InChI is InChI=1S/C16H34N2/c1-13(2)10-18(11-14(3)4)16(12-17)9-7-8-15(16,5)6/h13-14H,7-12,17H2,1-6H3. The topological polar surface area (TPSA) is 29.3 Å². The van der Waals surface area contributed by atoms with E-state index in [1.54, 1.807) is 0 Å². The van der Waals surface area contributed by atoms with Crippen molar-refractivity contribution in [3.63, 3.8) is 0 Å². The van der Waals surface area contributed by atoms with Crippen molar-refractivity contribution in [1.82, 2.24) is 4.90 Å². The minimum atomic E-state index is 0.224. The molecular weight excluding hydrogens is 220 g/mol. The van der Waals surface area contributed by atoms with Gasteiger partial charge in [0.05, 0.1) is 0 Å². The molecule has 0 aromatic heterocycles. The van der Waals surface area contributed by atoms with Gasteiger partial charge in [-0.25, -0.2) is 0 Å². The van der Waals surface area contributed by atoms with Crippen LogP contribution in [-0.4, -0.2) is 30.1 Å². The fourth-order valence-electron chi connectivity index (χ4n) is 3.79. The van der Waals surface area contributed by atoms with Gasteiger partial charge in [0.1, 0.15) is 0 Å². The monoisotopic (exact) mass is 254 g/mol. The summed E-state index contributed by atoms with van der Waals surface area (Å²) in [6.07, 6.45) is 3.92. The Morgan fingerprint density at radius 1 is 1.00 bits per heavy atom. The molecular formula is C16H34N2. The summed E-state index contributed by atoms with van der Waals surface area (Å²) in [6, 6.07) is 0. The maximum atomic E-state index is 6.26. The molecule has 1 fully saturated rings. The van der Waals surface area contributed by atoms with E-state index >= 15 is 0 Å². The first-order chi connectivity index (χ1) is 8.25. The third-order valence-corrected chi connectivity index (χ3v) is 4.77. The van der Waals surface area contributed by atoms with E-state index in [-0.39, 0.29) is 5.54 Å². The van der Waals surface area contributed by atoms with Gasteiger partial charge in [-0.15, -0.1) is 0 Å². The number of nitrogens with two attached hydrogens (primary N) is 1. The van der Waals surface area contributed by atoms with Gasteiger partial charge in [0.25, 0.3) is 0 Å². The largest absolute Gasteiger partial charge is 0.329 e. The molecule has 1 aliphatic rings. The fraction of sp³-hybridized carbons (Fsp3) is 1.00. The first kappa shape index (κ1) is 16.0. The molecule has 2 heteroatoms. The van der Waals surface area contributed by atoms with Crippen LogP contribution in [0.4, 0.5) is 0 Å². The predicted molar refractivity (Wildman–Crippen MR) is 80.7 cm³/mol. The Bertz CT molecular complexity index is 248. The van der Waals surface area contributed by atoms with Gasteiger partial charge in [-0.2, -0.15) is 0 Å². The zero-order valence-corrected chi connectivity index (χ0v) is 13.4. The molecule has 0 aliphatic heterocycles. The number of nitrogens with zero attached hydrogens (tertiary/aromatic N) is 1. The Balaban J connectivity index is 2.99. The molecule has 1 atom stereocenters. The van der Waals surface area contributed by atoms with Crippen molar-refractivity contribution in [2.45, 2.75) is 66.3 Å². The highest BCUT2D eigenvalue weighted by molar-refractivity contribution is 5.07. The van der Waals surface area contributed by atoms with Crippen LogP contribution in [0.15, 0.2) is 0 Å². The first-order valence-corrected chi connectivity index (χ1v) is 7.70. The lowest BCUT2D eigenvalue weighted by Gasteiger charge is -2.51. The first-order valence-electron chi connectivity index (χ1n) is 7.70. The summed E-state index contributed by atoms with van der Waals surface area (Å²) in [7, 11) is 0. The molecule has 1 aliphatic carbocycles. The highest BCUT2D eigenvalue weighted by Gasteiger charge is 2.51. The molecule has 0 aromatic carbocycles. The molecule has 0 heterocycles. The molecule has 2 nitrogen and oxygen atoms in total. The van der Waals surface area contributed by atoms with Gasteiger partial charge in [-0.05, 0) is 30.1 Å². The summed E-state index contributed by atoms with van der Waals surface area (Å²) in [5.41, 5.74) is 6.83. The van der Waals surface area contributed by atoms with E-state index in [0.29, 0.717) is 17.3 Å². The molecule has 2 N–H and O–H groups in total. The minimum absolute atomic E-state index is 0.224. The number of hydrogen-bond acceptors (Lipinski definition) is 2. The van der Waals surface area contributed by atoms with Crippen LogP contribution in [0, 0.1) is 17.3 Å². The summed E-state index contributed by atoms with van der Waals surface area (Å²) < 4.78 is 0. The van der Waals surface area contributed by atoms with E-state index in [1.165, 1.54) is 32.4 Å². The zero-order chi connectivity index (χ0) is 14.0. The lowest BCUT2D eigenvalue weighted by Crippen LogP contribution is -2.61. The van der Waals surface area contributed by atoms with Gasteiger partial charge in [-0.3, -0.25) is 4.90 Å². The van der Waals surface area contributed by atoms with Gasteiger partial charge >= 0.3 is 0 Å². The molecule has 1 saturated carbocycles. The molecule has 0 spiro atoms. The van der Waals surface area contributed by atoms with Crippen LogP contribution in [0.3, 0.4) is 0 Å². The van der Waals surface area contributed by atoms with Crippen molar-refractivity contribution in [2.24, 2.45) is 23.0 Å². The summed E-state index contributed by atoms with van der Waals surface area (Å²) in [5.74, 6) is 1.42. The Morgan fingerprint density at radius 2 is 1.50 bits per heavy atom. The molecule has 0 saturated heterocycles. The highest BCUT2D eigenvalue weighted by atomic mass is 15.2. The molecule has 1 rings (SSSR count). The van der Waals surface area contributed by atoms with E-state index in [2.05, 4.69) is 46.4 Å². The van der Waals surface area contributed by atoms with Crippen LogP contribution in [0.5, 0.6) is 0 Å². The van der Waals surface area contributed by atoms with Gasteiger partial charge in [0.15, 0.2) is 0 Å². The lowest BCUT2D eigenvalue weighted by molar-refractivity contribution is -0.00325. The molecule has 0 amide bonds. The second-order valence-electron chi connectivity index (χ2n) is 7.67. The summed E-state index contributed by atoms with van der Waals surface area (Å²) >= 11 is 0. The summed E-state index contributed by atoms with van der Waals surface area (Å²) in [4.78, 5) is 2.72. The van der Waals surface area contributed by atoms with E-state index in [9.17, 15) is 0 Å². The average molecular weight is 254 g/mol. The molecule has 0 radical (unpaired) electrons. The lowest BCUT2D eigenvalue weighted by atomic mass is 9.73.